The zero-order valence-electron chi connectivity index (χ0n) is 5.85. The van der Waals surface area contributed by atoms with Crippen LogP contribution < -0.4 is 0 Å². The fourth-order valence-corrected chi connectivity index (χ4v) is 0.619. The van der Waals surface area contributed by atoms with Gasteiger partial charge in [-0.2, -0.15) is 5.26 Å². The topological polar surface area (TPSA) is 27.0 Å². The largest absolute Gasteiger partial charge is 0.305 e. The monoisotopic (exact) mass is 148 g/mol. The van der Waals surface area contributed by atoms with Crippen molar-refractivity contribution in [2.75, 3.05) is 13.1 Å². The predicted octanol–water partition coefficient (Wildman–Crippen LogP) is 1.44. The summed E-state index contributed by atoms with van der Waals surface area (Å²) in [6, 6.07) is 0. The second-order valence-electron chi connectivity index (χ2n) is 1.94. The van der Waals surface area contributed by atoms with Crippen molar-refractivity contribution in [2.24, 2.45) is 0 Å². The van der Waals surface area contributed by atoms with Crippen molar-refractivity contribution < 1.29 is 8.78 Å². The van der Waals surface area contributed by atoms with Gasteiger partial charge in [0, 0.05) is 6.54 Å². The molecule has 0 rings (SSSR count). The Morgan fingerprint density at radius 1 is 1.60 bits per heavy atom. The van der Waals surface area contributed by atoms with Gasteiger partial charge in [-0.15, -0.1) is 0 Å². The Morgan fingerprint density at radius 3 is 2.50 bits per heavy atom. The van der Waals surface area contributed by atoms with E-state index in [1.54, 1.807) is 6.19 Å². The number of alkyl halides is 2. The lowest BCUT2D eigenvalue weighted by molar-refractivity contribution is 0.111. The summed E-state index contributed by atoms with van der Waals surface area (Å²) in [4.78, 5) is 1.06. The van der Waals surface area contributed by atoms with Crippen LogP contribution in [-0.4, -0.2) is 24.4 Å². The van der Waals surface area contributed by atoms with E-state index in [0.717, 1.165) is 11.3 Å². The molecule has 0 spiro atoms. The lowest BCUT2D eigenvalue weighted by Gasteiger charge is -2.12. The van der Waals surface area contributed by atoms with Crippen LogP contribution in [0, 0.1) is 11.5 Å². The first kappa shape index (κ1) is 9.15. The van der Waals surface area contributed by atoms with E-state index in [9.17, 15) is 8.78 Å². The van der Waals surface area contributed by atoms with Gasteiger partial charge in [-0.25, -0.2) is 8.78 Å². The minimum absolute atomic E-state index is 0.418. The van der Waals surface area contributed by atoms with Crippen molar-refractivity contribution in [3.8, 4) is 6.19 Å². The molecule has 0 bridgehead atoms. The molecule has 0 amide bonds. The first-order valence-electron chi connectivity index (χ1n) is 3.13. The summed E-state index contributed by atoms with van der Waals surface area (Å²) in [5.74, 6) is 0. The standard InChI is InChI=1S/C6H10F2N2/c1-2-3-10(5-9)4-6(7)8/h6H,2-4H2,1H3. The van der Waals surface area contributed by atoms with Crippen molar-refractivity contribution in [3.05, 3.63) is 0 Å². The molecule has 0 aliphatic carbocycles. The smallest absolute Gasteiger partial charge is 0.256 e. The summed E-state index contributed by atoms with van der Waals surface area (Å²) in [5, 5.41) is 8.25. The summed E-state index contributed by atoms with van der Waals surface area (Å²) in [5.41, 5.74) is 0. The van der Waals surface area contributed by atoms with Gasteiger partial charge >= 0.3 is 0 Å². The number of nitriles is 1. The van der Waals surface area contributed by atoms with Gasteiger partial charge in [0.1, 0.15) is 0 Å². The second-order valence-corrected chi connectivity index (χ2v) is 1.94. The van der Waals surface area contributed by atoms with Gasteiger partial charge in [-0.05, 0) is 6.42 Å². The minimum Gasteiger partial charge on any atom is -0.305 e. The van der Waals surface area contributed by atoms with Crippen LogP contribution in [0.3, 0.4) is 0 Å². The third-order valence-electron chi connectivity index (χ3n) is 0.993. The van der Waals surface area contributed by atoms with E-state index in [4.69, 9.17) is 5.26 Å². The Balaban J connectivity index is 3.52. The summed E-state index contributed by atoms with van der Waals surface area (Å²) < 4.78 is 23.2. The highest BCUT2D eigenvalue weighted by atomic mass is 19.3. The molecule has 0 aromatic carbocycles. The van der Waals surface area contributed by atoms with Gasteiger partial charge in [0.05, 0.1) is 6.54 Å². The lowest BCUT2D eigenvalue weighted by atomic mass is 10.4. The maximum Gasteiger partial charge on any atom is 0.256 e. The van der Waals surface area contributed by atoms with Crippen LogP contribution in [0.5, 0.6) is 0 Å². The normalized spacial score (nSPS) is 9.50. The number of hydrogen-bond acceptors (Lipinski definition) is 2. The van der Waals surface area contributed by atoms with E-state index >= 15 is 0 Å². The van der Waals surface area contributed by atoms with Crippen LogP contribution in [0.15, 0.2) is 0 Å². The van der Waals surface area contributed by atoms with Crippen LogP contribution in [0.2, 0.25) is 0 Å². The zero-order chi connectivity index (χ0) is 7.98. The van der Waals surface area contributed by atoms with Gasteiger partial charge in [0.2, 0.25) is 0 Å². The molecule has 0 aromatic rings. The molecular formula is C6H10F2N2. The molecular weight excluding hydrogens is 138 g/mol. The van der Waals surface area contributed by atoms with E-state index in [1.807, 2.05) is 6.92 Å². The van der Waals surface area contributed by atoms with E-state index in [-0.39, 0.29) is 0 Å². The molecule has 0 fully saturated rings. The Labute approximate surface area is 59.0 Å². The van der Waals surface area contributed by atoms with Crippen LogP contribution in [-0.2, 0) is 0 Å². The first-order chi connectivity index (χ1) is 4.70. The van der Waals surface area contributed by atoms with Crippen LogP contribution in [0.1, 0.15) is 13.3 Å². The van der Waals surface area contributed by atoms with Gasteiger partial charge in [0.25, 0.3) is 6.43 Å². The van der Waals surface area contributed by atoms with Gasteiger partial charge < -0.3 is 4.90 Å². The lowest BCUT2D eigenvalue weighted by Crippen LogP contribution is -2.24. The molecule has 0 unspecified atom stereocenters. The number of nitrogens with zero attached hydrogens (tertiary/aromatic N) is 2. The average Bonchev–Trinajstić information content (AvgIpc) is 1.86. The molecule has 10 heavy (non-hydrogen) atoms. The number of rotatable bonds is 4. The molecule has 2 nitrogen and oxygen atoms in total. The number of hydrogen-bond donors (Lipinski definition) is 0. The van der Waals surface area contributed by atoms with Crippen molar-refractivity contribution >= 4 is 0 Å². The second kappa shape index (κ2) is 4.98. The van der Waals surface area contributed by atoms with Crippen molar-refractivity contribution in [1.82, 2.24) is 4.90 Å². The van der Waals surface area contributed by atoms with Gasteiger partial charge in [0.15, 0.2) is 6.19 Å². The highest BCUT2D eigenvalue weighted by molar-refractivity contribution is 4.73. The summed E-state index contributed by atoms with van der Waals surface area (Å²) in [7, 11) is 0. The molecule has 0 saturated heterocycles. The SMILES string of the molecule is CCCN(C#N)CC(F)F. The van der Waals surface area contributed by atoms with Crippen molar-refractivity contribution in [3.63, 3.8) is 0 Å². The Hall–Kier alpha value is -0.850. The number of halogens is 2. The maximum absolute atomic E-state index is 11.6. The molecule has 0 saturated carbocycles. The first-order valence-corrected chi connectivity index (χ1v) is 3.13. The van der Waals surface area contributed by atoms with Crippen molar-refractivity contribution in [2.45, 2.75) is 19.8 Å². The van der Waals surface area contributed by atoms with Gasteiger partial charge in [-0.1, -0.05) is 6.92 Å². The fraction of sp³-hybridized carbons (Fsp3) is 0.833. The van der Waals surface area contributed by atoms with Crippen LogP contribution >= 0.6 is 0 Å². The third-order valence-corrected chi connectivity index (χ3v) is 0.993. The zero-order valence-corrected chi connectivity index (χ0v) is 5.85. The maximum atomic E-state index is 11.6. The molecule has 0 aromatic heterocycles. The van der Waals surface area contributed by atoms with Crippen LogP contribution in [0.4, 0.5) is 8.78 Å². The Morgan fingerprint density at radius 2 is 2.20 bits per heavy atom. The quantitative estimate of drug-likeness (QED) is 0.445. The molecule has 0 heterocycles. The highest BCUT2D eigenvalue weighted by Crippen LogP contribution is 1.97. The third kappa shape index (κ3) is 4.07. The van der Waals surface area contributed by atoms with E-state index in [2.05, 4.69) is 0 Å². The highest BCUT2D eigenvalue weighted by Gasteiger charge is 2.07. The van der Waals surface area contributed by atoms with Crippen molar-refractivity contribution in [1.29, 1.82) is 5.26 Å². The molecule has 0 aliphatic heterocycles. The summed E-state index contributed by atoms with van der Waals surface area (Å²) in [6.45, 7) is 1.82. The van der Waals surface area contributed by atoms with Gasteiger partial charge in [-0.3, -0.25) is 0 Å². The van der Waals surface area contributed by atoms with Crippen LogP contribution in [0.25, 0.3) is 0 Å². The molecule has 58 valence electrons. The molecule has 0 atom stereocenters. The Bertz CT molecular complexity index is 119. The van der Waals surface area contributed by atoms with E-state index < -0.39 is 13.0 Å². The Kier molecular flexibility index (Phi) is 4.55. The predicted molar refractivity (Wildman–Crippen MR) is 33.5 cm³/mol. The van der Waals surface area contributed by atoms with E-state index in [0.29, 0.717) is 6.54 Å². The molecule has 4 heteroatoms. The molecule has 0 N–H and O–H groups in total. The molecule has 0 radical (unpaired) electrons. The summed E-state index contributed by atoms with van der Waals surface area (Å²) in [6.07, 6.45) is -0.000787. The minimum atomic E-state index is -2.41. The summed E-state index contributed by atoms with van der Waals surface area (Å²) >= 11 is 0. The average molecular weight is 148 g/mol. The fourth-order valence-electron chi connectivity index (χ4n) is 0.619. The van der Waals surface area contributed by atoms with E-state index in [1.165, 1.54) is 0 Å². The molecule has 0 aliphatic rings.